The molecule has 0 aliphatic carbocycles. The van der Waals surface area contributed by atoms with Gasteiger partial charge >= 0.3 is 0 Å². The van der Waals surface area contributed by atoms with Crippen molar-refractivity contribution in [3.63, 3.8) is 0 Å². The average molecular weight is 213 g/mol. The number of halogens is 1. The van der Waals surface area contributed by atoms with Crippen LogP contribution in [0.3, 0.4) is 0 Å². The summed E-state index contributed by atoms with van der Waals surface area (Å²) in [5, 5.41) is 7.67. The number of rotatable bonds is 1. The minimum absolute atomic E-state index is 0.222. The summed E-state index contributed by atoms with van der Waals surface area (Å²) in [6.07, 6.45) is 5.39. The van der Waals surface area contributed by atoms with Crippen molar-refractivity contribution in [3.05, 3.63) is 11.5 Å². The van der Waals surface area contributed by atoms with Crippen molar-refractivity contribution in [1.29, 1.82) is 0 Å². The van der Waals surface area contributed by atoms with Gasteiger partial charge in [0, 0.05) is 12.6 Å². The fourth-order valence-electron chi connectivity index (χ4n) is 1.85. The van der Waals surface area contributed by atoms with Crippen molar-refractivity contribution in [2.45, 2.75) is 32.2 Å². The Bertz CT molecular complexity index is 317. The molecular weight excluding hydrogens is 200 g/mol. The van der Waals surface area contributed by atoms with Gasteiger partial charge in [0.25, 0.3) is 0 Å². The van der Waals surface area contributed by atoms with Crippen LogP contribution in [0.15, 0.2) is 6.20 Å². The van der Waals surface area contributed by atoms with E-state index in [1.165, 1.54) is 19.3 Å². The van der Waals surface area contributed by atoms with E-state index in [-0.39, 0.29) is 5.28 Å². The fourth-order valence-corrected chi connectivity index (χ4v) is 1.98. The van der Waals surface area contributed by atoms with E-state index < -0.39 is 0 Å². The summed E-state index contributed by atoms with van der Waals surface area (Å²) in [6, 6.07) is 0.525. The van der Waals surface area contributed by atoms with E-state index in [2.05, 4.69) is 27.0 Å². The Balaban J connectivity index is 2.20. The molecular formula is C9H13ClN4. The van der Waals surface area contributed by atoms with Gasteiger partial charge < -0.3 is 4.90 Å². The summed E-state index contributed by atoms with van der Waals surface area (Å²) in [5.41, 5.74) is 0. The number of piperidine rings is 1. The molecule has 14 heavy (non-hydrogen) atoms. The summed E-state index contributed by atoms with van der Waals surface area (Å²) in [6.45, 7) is 3.24. The number of hydrogen-bond acceptors (Lipinski definition) is 4. The SMILES string of the molecule is CC1CCCCN1c1cnnc(Cl)n1. The first-order chi connectivity index (χ1) is 6.77. The summed E-state index contributed by atoms with van der Waals surface area (Å²) >= 11 is 5.70. The van der Waals surface area contributed by atoms with Crippen molar-refractivity contribution in [2.75, 3.05) is 11.4 Å². The van der Waals surface area contributed by atoms with E-state index in [1.54, 1.807) is 6.20 Å². The van der Waals surface area contributed by atoms with Crippen LogP contribution in [-0.2, 0) is 0 Å². The van der Waals surface area contributed by atoms with Crippen LogP contribution in [0, 0.1) is 0 Å². The second kappa shape index (κ2) is 4.09. The first kappa shape index (κ1) is 9.65. The van der Waals surface area contributed by atoms with E-state index in [0.717, 1.165) is 12.4 Å². The van der Waals surface area contributed by atoms with Crippen LogP contribution in [-0.4, -0.2) is 27.8 Å². The molecule has 0 amide bonds. The number of nitrogens with zero attached hydrogens (tertiary/aromatic N) is 4. The Morgan fingerprint density at radius 1 is 1.50 bits per heavy atom. The van der Waals surface area contributed by atoms with Gasteiger partial charge in [-0.05, 0) is 37.8 Å². The van der Waals surface area contributed by atoms with Crippen molar-refractivity contribution in [2.24, 2.45) is 0 Å². The lowest BCUT2D eigenvalue weighted by Gasteiger charge is -2.33. The number of aromatic nitrogens is 3. The van der Waals surface area contributed by atoms with Crippen LogP contribution in [0.5, 0.6) is 0 Å². The molecule has 1 aliphatic rings. The Labute approximate surface area is 88.3 Å². The van der Waals surface area contributed by atoms with Gasteiger partial charge in [0.05, 0.1) is 6.20 Å². The van der Waals surface area contributed by atoms with Gasteiger partial charge in [0.1, 0.15) is 0 Å². The van der Waals surface area contributed by atoms with E-state index >= 15 is 0 Å². The van der Waals surface area contributed by atoms with Gasteiger partial charge in [-0.2, -0.15) is 10.1 Å². The summed E-state index contributed by atoms with van der Waals surface area (Å²) in [5.74, 6) is 0.845. The normalized spacial score (nSPS) is 22.4. The molecule has 1 unspecified atom stereocenters. The minimum Gasteiger partial charge on any atom is -0.352 e. The third-order valence-electron chi connectivity index (χ3n) is 2.62. The second-order valence-electron chi connectivity index (χ2n) is 3.62. The molecule has 0 radical (unpaired) electrons. The van der Waals surface area contributed by atoms with Crippen LogP contribution < -0.4 is 4.90 Å². The molecule has 0 saturated carbocycles. The Morgan fingerprint density at radius 2 is 2.36 bits per heavy atom. The molecule has 0 spiro atoms. The smallest absolute Gasteiger partial charge is 0.244 e. The lowest BCUT2D eigenvalue weighted by molar-refractivity contribution is 0.480. The Hall–Kier alpha value is -0.900. The number of anilines is 1. The maximum absolute atomic E-state index is 5.70. The molecule has 1 saturated heterocycles. The highest BCUT2D eigenvalue weighted by Gasteiger charge is 2.19. The molecule has 4 nitrogen and oxygen atoms in total. The van der Waals surface area contributed by atoms with Gasteiger partial charge in [-0.3, -0.25) is 0 Å². The summed E-state index contributed by atoms with van der Waals surface area (Å²) < 4.78 is 0. The highest BCUT2D eigenvalue weighted by atomic mass is 35.5. The first-order valence-corrected chi connectivity index (χ1v) is 5.27. The minimum atomic E-state index is 0.222. The molecule has 0 aromatic carbocycles. The van der Waals surface area contributed by atoms with E-state index in [1.807, 2.05) is 0 Å². The zero-order valence-corrected chi connectivity index (χ0v) is 8.91. The Kier molecular flexibility index (Phi) is 2.82. The molecule has 1 aromatic rings. The molecule has 1 fully saturated rings. The predicted molar refractivity (Wildman–Crippen MR) is 55.5 cm³/mol. The topological polar surface area (TPSA) is 41.9 Å². The van der Waals surface area contributed by atoms with Gasteiger partial charge in [-0.25, -0.2) is 0 Å². The quantitative estimate of drug-likeness (QED) is 0.713. The van der Waals surface area contributed by atoms with E-state index in [4.69, 9.17) is 11.6 Å². The molecule has 1 aliphatic heterocycles. The van der Waals surface area contributed by atoms with Gasteiger partial charge in [-0.15, -0.1) is 5.10 Å². The Morgan fingerprint density at radius 3 is 3.07 bits per heavy atom. The highest BCUT2D eigenvalue weighted by Crippen LogP contribution is 2.22. The second-order valence-corrected chi connectivity index (χ2v) is 3.96. The van der Waals surface area contributed by atoms with Crippen molar-refractivity contribution < 1.29 is 0 Å². The van der Waals surface area contributed by atoms with Gasteiger partial charge in [0.2, 0.25) is 5.28 Å². The van der Waals surface area contributed by atoms with Crippen molar-refractivity contribution >= 4 is 17.4 Å². The average Bonchev–Trinajstić information content (AvgIpc) is 2.18. The lowest BCUT2D eigenvalue weighted by Crippen LogP contribution is -2.38. The third kappa shape index (κ3) is 1.95. The monoisotopic (exact) mass is 212 g/mol. The zero-order chi connectivity index (χ0) is 9.97. The molecule has 5 heteroatoms. The van der Waals surface area contributed by atoms with Crippen LogP contribution in [0.25, 0.3) is 0 Å². The van der Waals surface area contributed by atoms with E-state index in [9.17, 15) is 0 Å². The fraction of sp³-hybridized carbons (Fsp3) is 0.667. The van der Waals surface area contributed by atoms with Crippen LogP contribution in [0.1, 0.15) is 26.2 Å². The van der Waals surface area contributed by atoms with Gasteiger partial charge in [0.15, 0.2) is 5.82 Å². The van der Waals surface area contributed by atoms with Crippen LogP contribution in [0.2, 0.25) is 5.28 Å². The molecule has 1 aromatic heterocycles. The van der Waals surface area contributed by atoms with Gasteiger partial charge in [-0.1, -0.05) is 0 Å². The van der Waals surface area contributed by atoms with Crippen LogP contribution in [0.4, 0.5) is 5.82 Å². The lowest BCUT2D eigenvalue weighted by atomic mass is 10.0. The van der Waals surface area contributed by atoms with Crippen LogP contribution >= 0.6 is 11.6 Å². The largest absolute Gasteiger partial charge is 0.352 e. The molecule has 2 heterocycles. The molecule has 2 rings (SSSR count). The number of hydrogen-bond donors (Lipinski definition) is 0. The zero-order valence-electron chi connectivity index (χ0n) is 8.15. The first-order valence-electron chi connectivity index (χ1n) is 4.89. The molecule has 1 atom stereocenters. The summed E-state index contributed by atoms with van der Waals surface area (Å²) in [4.78, 5) is 6.41. The predicted octanol–water partition coefficient (Wildman–Crippen LogP) is 1.90. The highest BCUT2D eigenvalue weighted by molar-refractivity contribution is 6.28. The maximum atomic E-state index is 5.70. The molecule has 76 valence electrons. The standard InChI is InChI=1S/C9H13ClN4/c1-7-4-2-3-5-14(7)8-6-11-13-9(10)12-8/h6-7H,2-5H2,1H3. The summed E-state index contributed by atoms with van der Waals surface area (Å²) in [7, 11) is 0. The van der Waals surface area contributed by atoms with Crippen molar-refractivity contribution in [1.82, 2.24) is 15.2 Å². The molecule has 0 bridgehead atoms. The maximum Gasteiger partial charge on any atom is 0.244 e. The molecule has 0 N–H and O–H groups in total. The van der Waals surface area contributed by atoms with E-state index in [0.29, 0.717) is 6.04 Å². The third-order valence-corrected chi connectivity index (χ3v) is 2.78. The van der Waals surface area contributed by atoms with Crippen molar-refractivity contribution in [3.8, 4) is 0 Å².